The molecule has 0 saturated heterocycles. The van der Waals surface area contributed by atoms with E-state index >= 15 is 0 Å². The molecule has 15 heavy (non-hydrogen) atoms. The number of methoxy groups -OCH3 is 1. The Kier molecular flexibility index (Phi) is 2.24. The van der Waals surface area contributed by atoms with Gasteiger partial charge in [-0.15, -0.1) is 5.10 Å². The summed E-state index contributed by atoms with van der Waals surface area (Å²) in [6.45, 7) is 0. The minimum Gasteiger partial charge on any atom is -0.480 e. The molecule has 0 aliphatic rings. The number of imidazole rings is 1. The molecule has 0 aromatic carbocycles. The summed E-state index contributed by atoms with van der Waals surface area (Å²) in [5.41, 5.74) is 6.33. The number of fused-ring (bicyclic) bond motifs is 1. The van der Waals surface area contributed by atoms with Crippen molar-refractivity contribution in [1.29, 1.82) is 0 Å². The Bertz CT molecular complexity index is 506. The number of nitrogens with zero attached hydrogens (tertiary/aromatic N) is 3. The molecule has 0 fully saturated rings. The highest BCUT2D eigenvalue weighted by Gasteiger charge is 2.05. The third kappa shape index (κ3) is 1.88. The third-order valence-electron chi connectivity index (χ3n) is 1.91. The van der Waals surface area contributed by atoms with E-state index in [1.165, 1.54) is 7.11 Å². The molecule has 0 aliphatic carbocycles. The zero-order valence-electron chi connectivity index (χ0n) is 8.17. The first kappa shape index (κ1) is 9.45. The third-order valence-corrected chi connectivity index (χ3v) is 1.91. The summed E-state index contributed by atoms with van der Waals surface area (Å²) >= 11 is 0. The van der Waals surface area contributed by atoms with E-state index < -0.39 is 5.91 Å². The predicted molar refractivity (Wildman–Crippen MR) is 52.4 cm³/mol. The average molecular weight is 206 g/mol. The number of carbonyl (C=O) groups excluding carboxylic acids is 1. The van der Waals surface area contributed by atoms with Crippen molar-refractivity contribution in [2.45, 2.75) is 6.42 Å². The van der Waals surface area contributed by atoms with Crippen molar-refractivity contribution in [2.24, 2.45) is 5.73 Å². The fourth-order valence-corrected chi connectivity index (χ4v) is 1.29. The maximum absolute atomic E-state index is 10.7. The van der Waals surface area contributed by atoms with Gasteiger partial charge in [-0.05, 0) is 6.07 Å². The van der Waals surface area contributed by atoms with Gasteiger partial charge >= 0.3 is 0 Å². The fraction of sp³-hybridized carbons (Fsp3) is 0.222. The lowest BCUT2D eigenvalue weighted by atomic mass is 10.3. The predicted octanol–water partition coefficient (Wildman–Crippen LogP) is -0.234. The molecule has 2 heterocycles. The minimum atomic E-state index is -0.412. The van der Waals surface area contributed by atoms with Crippen molar-refractivity contribution in [3.8, 4) is 5.88 Å². The molecular formula is C9H10N4O2. The molecule has 78 valence electrons. The summed E-state index contributed by atoms with van der Waals surface area (Å²) < 4.78 is 6.51. The molecule has 2 N–H and O–H groups in total. The molecule has 6 nitrogen and oxygen atoms in total. The first-order valence-electron chi connectivity index (χ1n) is 4.36. The second-order valence-corrected chi connectivity index (χ2v) is 3.05. The van der Waals surface area contributed by atoms with Crippen molar-refractivity contribution in [3.05, 3.63) is 24.0 Å². The summed E-state index contributed by atoms with van der Waals surface area (Å²) in [7, 11) is 1.54. The molecule has 0 spiro atoms. The van der Waals surface area contributed by atoms with Crippen LogP contribution < -0.4 is 10.5 Å². The molecule has 6 heteroatoms. The van der Waals surface area contributed by atoms with E-state index in [0.29, 0.717) is 17.2 Å². The van der Waals surface area contributed by atoms with Gasteiger partial charge in [0.05, 0.1) is 25.4 Å². The van der Waals surface area contributed by atoms with Gasteiger partial charge in [-0.3, -0.25) is 4.79 Å². The Morgan fingerprint density at radius 2 is 2.40 bits per heavy atom. The zero-order valence-corrected chi connectivity index (χ0v) is 8.17. The largest absolute Gasteiger partial charge is 0.480 e. The van der Waals surface area contributed by atoms with Crippen molar-refractivity contribution < 1.29 is 9.53 Å². The standard InChI is InChI=1S/C9H10N4O2/c1-15-9-3-2-8-11-6(4-7(10)14)5-13(8)12-9/h2-3,5H,4H2,1H3,(H2,10,14). The SMILES string of the molecule is COc1ccc2nc(CC(N)=O)cn2n1. The van der Waals surface area contributed by atoms with Crippen LogP contribution >= 0.6 is 0 Å². The molecule has 2 rings (SSSR count). The summed E-state index contributed by atoms with van der Waals surface area (Å²) in [5, 5.41) is 4.10. The van der Waals surface area contributed by atoms with E-state index in [9.17, 15) is 4.79 Å². The van der Waals surface area contributed by atoms with E-state index in [1.54, 1.807) is 22.8 Å². The molecule has 0 atom stereocenters. The van der Waals surface area contributed by atoms with Crippen LogP contribution in [0.25, 0.3) is 5.65 Å². The van der Waals surface area contributed by atoms with Crippen LogP contribution in [-0.4, -0.2) is 27.6 Å². The van der Waals surface area contributed by atoms with Crippen molar-refractivity contribution in [2.75, 3.05) is 7.11 Å². The van der Waals surface area contributed by atoms with Crippen LogP contribution in [0.15, 0.2) is 18.3 Å². The summed E-state index contributed by atoms with van der Waals surface area (Å²) in [6.07, 6.45) is 1.77. The van der Waals surface area contributed by atoms with Gasteiger partial charge in [-0.25, -0.2) is 9.50 Å². The molecule has 2 aromatic rings. The van der Waals surface area contributed by atoms with E-state index in [2.05, 4.69) is 10.1 Å². The van der Waals surface area contributed by atoms with Crippen LogP contribution in [0.2, 0.25) is 0 Å². The summed E-state index contributed by atoms with van der Waals surface area (Å²) in [6, 6.07) is 3.46. The Hall–Kier alpha value is -2.11. The molecule has 2 aromatic heterocycles. The Balaban J connectivity index is 2.42. The number of hydrogen-bond donors (Lipinski definition) is 1. The van der Waals surface area contributed by atoms with Gasteiger partial charge in [-0.2, -0.15) is 0 Å². The zero-order chi connectivity index (χ0) is 10.8. The van der Waals surface area contributed by atoms with Crippen LogP contribution in [0.5, 0.6) is 5.88 Å². The first-order valence-corrected chi connectivity index (χ1v) is 4.36. The molecule has 1 amide bonds. The molecule has 0 saturated carbocycles. The number of carbonyl (C=O) groups is 1. The minimum absolute atomic E-state index is 0.117. The van der Waals surface area contributed by atoms with Crippen molar-refractivity contribution >= 4 is 11.6 Å². The Labute approximate surface area is 85.7 Å². The lowest BCUT2D eigenvalue weighted by Gasteiger charge is -1.96. The summed E-state index contributed by atoms with van der Waals surface area (Å²) in [4.78, 5) is 14.9. The van der Waals surface area contributed by atoms with E-state index in [-0.39, 0.29) is 6.42 Å². The molecule has 0 unspecified atom stereocenters. The van der Waals surface area contributed by atoms with Gasteiger partial charge in [0.25, 0.3) is 0 Å². The van der Waals surface area contributed by atoms with Crippen LogP contribution in [0.3, 0.4) is 0 Å². The van der Waals surface area contributed by atoms with Crippen molar-refractivity contribution in [3.63, 3.8) is 0 Å². The second-order valence-electron chi connectivity index (χ2n) is 3.05. The van der Waals surface area contributed by atoms with Crippen LogP contribution in [0.1, 0.15) is 5.69 Å². The van der Waals surface area contributed by atoms with E-state index in [1.807, 2.05) is 0 Å². The number of aromatic nitrogens is 3. The van der Waals surface area contributed by atoms with E-state index in [4.69, 9.17) is 10.5 Å². The molecular weight excluding hydrogens is 196 g/mol. The maximum Gasteiger partial charge on any atom is 0.231 e. The van der Waals surface area contributed by atoms with Crippen LogP contribution in [0, 0.1) is 0 Å². The van der Waals surface area contributed by atoms with Gasteiger partial charge < -0.3 is 10.5 Å². The monoisotopic (exact) mass is 206 g/mol. The van der Waals surface area contributed by atoms with Gasteiger partial charge in [-0.1, -0.05) is 0 Å². The number of hydrogen-bond acceptors (Lipinski definition) is 4. The number of primary amides is 1. The van der Waals surface area contributed by atoms with Crippen LogP contribution in [-0.2, 0) is 11.2 Å². The normalized spacial score (nSPS) is 10.5. The average Bonchev–Trinajstić information content (AvgIpc) is 2.57. The number of amides is 1. The molecule has 0 bridgehead atoms. The van der Waals surface area contributed by atoms with Gasteiger partial charge in [0.2, 0.25) is 11.8 Å². The fourth-order valence-electron chi connectivity index (χ4n) is 1.29. The lowest BCUT2D eigenvalue weighted by Crippen LogP contribution is -2.13. The smallest absolute Gasteiger partial charge is 0.231 e. The highest BCUT2D eigenvalue weighted by atomic mass is 16.5. The second kappa shape index (κ2) is 3.56. The highest BCUT2D eigenvalue weighted by Crippen LogP contribution is 2.09. The van der Waals surface area contributed by atoms with Gasteiger partial charge in [0, 0.05) is 6.07 Å². The van der Waals surface area contributed by atoms with Gasteiger partial charge in [0.1, 0.15) is 0 Å². The highest BCUT2D eigenvalue weighted by molar-refractivity contribution is 5.76. The maximum atomic E-state index is 10.7. The molecule has 0 aliphatic heterocycles. The van der Waals surface area contributed by atoms with Crippen molar-refractivity contribution in [1.82, 2.24) is 14.6 Å². The quantitative estimate of drug-likeness (QED) is 0.751. The summed E-state index contributed by atoms with van der Waals surface area (Å²) in [5.74, 6) is 0.0795. The number of nitrogens with two attached hydrogens (primary N) is 1. The Morgan fingerprint density at radius 3 is 3.07 bits per heavy atom. The van der Waals surface area contributed by atoms with E-state index in [0.717, 1.165) is 0 Å². The van der Waals surface area contributed by atoms with Crippen LogP contribution in [0.4, 0.5) is 0 Å². The molecule has 0 radical (unpaired) electrons. The Morgan fingerprint density at radius 1 is 1.60 bits per heavy atom. The topological polar surface area (TPSA) is 82.5 Å². The number of ether oxygens (including phenoxy) is 1. The first-order chi connectivity index (χ1) is 7.19. The van der Waals surface area contributed by atoms with Gasteiger partial charge in [0.15, 0.2) is 5.65 Å². The lowest BCUT2D eigenvalue weighted by molar-refractivity contribution is -0.117. The number of rotatable bonds is 3.